The first-order chi connectivity index (χ1) is 7.37. The Kier molecular flexibility index (Phi) is 2.44. The molecule has 1 aromatic heterocycles. The van der Waals surface area contributed by atoms with Gasteiger partial charge in [-0.15, -0.1) is 0 Å². The van der Waals surface area contributed by atoms with Gasteiger partial charge in [-0.1, -0.05) is 32.0 Å². The van der Waals surface area contributed by atoms with Crippen LogP contribution in [0.3, 0.4) is 0 Å². The number of aromatic nitrogens is 2. The summed E-state index contributed by atoms with van der Waals surface area (Å²) in [4.78, 5) is 0.745. The van der Waals surface area contributed by atoms with Crippen LogP contribution in [0.25, 0.3) is 0 Å². The highest BCUT2D eigenvalue weighted by Gasteiger charge is 2.48. The van der Waals surface area contributed by atoms with Crippen LogP contribution >= 0.6 is 0 Å². The highest BCUT2D eigenvalue weighted by molar-refractivity contribution is 5.20. The second-order valence-electron chi connectivity index (χ2n) is 5.80. The topological polar surface area (TPSA) is 39.8 Å². The van der Waals surface area contributed by atoms with Crippen molar-refractivity contribution in [2.45, 2.75) is 52.4 Å². The summed E-state index contributed by atoms with van der Waals surface area (Å²) in [5.74, 6) is 0. The summed E-state index contributed by atoms with van der Waals surface area (Å²) in [6.07, 6.45) is 3.55. The second-order valence-corrected chi connectivity index (χ2v) is 5.80. The van der Waals surface area contributed by atoms with Gasteiger partial charge in [0.15, 0.2) is 0 Å². The summed E-state index contributed by atoms with van der Waals surface area (Å²) in [7, 11) is 0. The molecule has 88 valence electrons. The maximum atomic E-state index is 11.6. The lowest BCUT2D eigenvalue weighted by Gasteiger charge is -2.36. The lowest BCUT2D eigenvalue weighted by atomic mass is 9.67. The number of nitrogens with zero attached hydrogens (tertiary/aromatic N) is 2. The molecule has 1 aliphatic carbocycles. The zero-order chi connectivity index (χ0) is 12.0. The molecular weight excluding hydrogens is 200 g/mol. The van der Waals surface area contributed by atoms with Gasteiger partial charge >= 0.3 is 0 Å². The summed E-state index contributed by atoms with van der Waals surface area (Å²) >= 11 is 0. The molecule has 0 aliphatic heterocycles. The zero-order valence-corrected chi connectivity index (χ0v) is 10.6. The fraction of sp³-hybridized carbons (Fsp3) is 0.692. The Morgan fingerprint density at radius 2 is 1.94 bits per heavy atom. The number of rotatable bonds is 1. The minimum absolute atomic E-state index is 0.0346. The Hall–Kier alpha value is -1.12. The van der Waals surface area contributed by atoms with Crippen molar-refractivity contribution in [1.29, 1.82) is 0 Å². The number of aryl methyl sites for hydroxylation is 1. The molecule has 0 amide bonds. The Morgan fingerprint density at radius 1 is 1.25 bits per heavy atom. The molecule has 1 saturated carbocycles. The first-order valence-electron chi connectivity index (χ1n) is 5.95. The van der Waals surface area contributed by atoms with E-state index in [1.165, 1.54) is 12.8 Å². The van der Waals surface area contributed by atoms with E-state index < -0.39 is 0 Å². The van der Waals surface area contributed by atoms with Crippen LogP contribution in [0, 0.1) is 17.5 Å². The van der Waals surface area contributed by atoms with Gasteiger partial charge in [-0.25, -0.2) is 0 Å². The molecule has 1 fully saturated rings. The van der Waals surface area contributed by atoms with E-state index in [-0.39, 0.29) is 10.8 Å². The van der Waals surface area contributed by atoms with E-state index in [4.69, 9.17) is 0 Å². The molecule has 1 atom stereocenters. The Labute approximate surface area is 97.1 Å². The van der Waals surface area contributed by atoms with Crippen molar-refractivity contribution >= 4 is 0 Å². The fourth-order valence-corrected chi connectivity index (χ4v) is 2.74. The predicted octanol–water partition coefficient (Wildman–Crippen LogP) is 2.49. The predicted molar refractivity (Wildman–Crippen MR) is 62.9 cm³/mol. The van der Waals surface area contributed by atoms with E-state index in [0.29, 0.717) is 5.69 Å². The molecule has 1 unspecified atom stereocenters. The Balaban J connectivity index is 2.47. The summed E-state index contributed by atoms with van der Waals surface area (Å²) in [5.41, 5.74) is 1.86. The lowest BCUT2D eigenvalue weighted by molar-refractivity contribution is -0.676. The maximum Gasteiger partial charge on any atom is 0.218 e. The van der Waals surface area contributed by atoms with E-state index >= 15 is 0 Å². The summed E-state index contributed by atoms with van der Waals surface area (Å²) in [6.45, 7) is 8.57. The molecule has 1 heterocycles. The molecule has 3 heteroatoms. The van der Waals surface area contributed by atoms with Crippen LogP contribution < -0.4 is 4.85 Å². The second kappa shape index (κ2) is 3.44. The lowest BCUT2D eigenvalue weighted by Crippen LogP contribution is -2.42. The van der Waals surface area contributed by atoms with Gasteiger partial charge in [-0.3, -0.25) is 0 Å². The smallest absolute Gasteiger partial charge is 0.218 e. The van der Waals surface area contributed by atoms with Crippen LogP contribution in [0.2, 0.25) is 0 Å². The van der Waals surface area contributed by atoms with Crippen LogP contribution in [0.15, 0.2) is 12.1 Å². The van der Waals surface area contributed by atoms with Crippen LogP contribution in [0.1, 0.15) is 51.4 Å². The Morgan fingerprint density at radius 3 is 2.44 bits per heavy atom. The van der Waals surface area contributed by atoms with Crippen molar-refractivity contribution in [1.82, 2.24) is 5.10 Å². The van der Waals surface area contributed by atoms with Crippen LogP contribution in [0.5, 0.6) is 0 Å². The molecule has 0 saturated heterocycles. The van der Waals surface area contributed by atoms with Gasteiger partial charge in [0, 0.05) is 23.5 Å². The third-order valence-corrected chi connectivity index (χ3v) is 4.52. The molecule has 1 aromatic rings. The molecule has 1 aliphatic rings. The summed E-state index contributed by atoms with van der Waals surface area (Å²) in [6, 6.07) is 3.88. The minimum atomic E-state index is 0.0346. The molecule has 0 bridgehead atoms. The SMILES string of the molecule is Cc1ccc(C2(C)CCCC2(C)C)n[n+]1[O-]. The molecule has 2 rings (SSSR count). The quantitative estimate of drug-likeness (QED) is 0.539. The van der Waals surface area contributed by atoms with Crippen molar-refractivity contribution in [3.05, 3.63) is 28.7 Å². The van der Waals surface area contributed by atoms with Gasteiger partial charge in [-0.05, 0) is 24.3 Å². The number of hydrogen-bond donors (Lipinski definition) is 0. The average Bonchev–Trinajstić information content (AvgIpc) is 2.47. The zero-order valence-electron chi connectivity index (χ0n) is 10.6. The monoisotopic (exact) mass is 220 g/mol. The molecule has 0 N–H and O–H groups in total. The van der Waals surface area contributed by atoms with Gasteiger partial charge in [0.2, 0.25) is 5.69 Å². The third kappa shape index (κ3) is 1.49. The van der Waals surface area contributed by atoms with Crippen LogP contribution in [0.4, 0.5) is 0 Å². The van der Waals surface area contributed by atoms with Crippen LogP contribution in [-0.4, -0.2) is 5.10 Å². The highest BCUT2D eigenvalue weighted by Crippen LogP contribution is 2.52. The van der Waals surface area contributed by atoms with Crippen molar-refractivity contribution in [2.75, 3.05) is 0 Å². The van der Waals surface area contributed by atoms with Gasteiger partial charge in [0.05, 0.1) is 0 Å². The van der Waals surface area contributed by atoms with E-state index in [1.54, 1.807) is 6.92 Å². The minimum Gasteiger partial charge on any atom is -0.594 e. The van der Waals surface area contributed by atoms with E-state index in [0.717, 1.165) is 17.0 Å². The summed E-state index contributed by atoms with van der Waals surface area (Å²) < 4.78 is 0. The number of hydrogen-bond acceptors (Lipinski definition) is 2. The van der Waals surface area contributed by atoms with E-state index in [2.05, 4.69) is 25.9 Å². The standard InChI is InChI=1S/C13H20N2O/c1-10-6-7-11(14-15(10)16)13(4)9-5-8-12(13,2)3/h6-7H,5,8-9H2,1-4H3. The van der Waals surface area contributed by atoms with Crippen molar-refractivity contribution in [3.8, 4) is 0 Å². The van der Waals surface area contributed by atoms with E-state index in [9.17, 15) is 5.21 Å². The fourth-order valence-electron chi connectivity index (χ4n) is 2.74. The normalized spacial score (nSPS) is 28.2. The molecular formula is C13H20N2O. The first kappa shape index (κ1) is 11.4. The van der Waals surface area contributed by atoms with Crippen molar-refractivity contribution in [3.63, 3.8) is 0 Å². The van der Waals surface area contributed by atoms with Crippen molar-refractivity contribution in [2.24, 2.45) is 5.41 Å². The van der Waals surface area contributed by atoms with Crippen LogP contribution in [-0.2, 0) is 5.41 Å². The molecule has 3 nitrogen and oxygen atoms in total. The maximum absolute atomic E-state index is 11.6. The highest BCUT2D eigenvalue weighted by atomic mass is 16.5. The molecule has 0 radical (unpaired) electrons. The Bertz CT molecular complexity index is 414. The average molecular weight is 220 g/mol. The first-order valence-corrected chi connectivity index (χ1v) is 5.95. The van der Waals surface area contributed by atoms with Gasteiger partial charge in [-0.2, -0.15) is 0 Å². The largest absolute Gasteiger partial charge is 0.594 e. The van der Waals surface area contributed by atoms with Gasteiger partial charge in [0.1, 0.15) is 5.69 Å². The van der Waals surface area contributed by atoms with Gasteiger partial charge < -0.3 is 5.21 Å². The molecule has 16 heavy (non-hydrogen) atoms. The van der Waals surface area contributed by atoms with Gasteiger partial charge in [0.25, 0.3) is 0 Å². The van der Waals surface area contributed by atoms with E-state index in [1.807, 2.05) is 12.1 Å². The molecule has 0 aromatic carbocycles. The van der Waals surface area contributed by atoms with Crippen molar-refractivity contribution < 1.29 is 4.85 Å². The molecule has 0 spiro atoms. The third-order valence-electron chi connectivity index (χ3n) is 4.52. The summed E-state index contributed by atoms with van der Waals surface area (Å²) in [5, 5.41) is 15.7.